The highest BCUT2D eigenvalue weighted by atomic mass is 32.2. The van der Waals surface area contributed by atoms with E-state index < -0.39 is 39.9 Å². The van der Waals surface area contributed by atoms with Crippen molar-refractivity contribution in [3.63, 3.8) is 0 Å². The Bertz CT molecular complexity index is 1310. The molecule has 0 aliphatic heterocycles. The van der Waals surface area contributed by atoms with Gasteiger partial charge in [0.05, 0.1) is 11.5 Å². The second-order valence-corrected chi connectivity index (χ2v) is 13.4. The number of phenols is 1. The Kier molecular flexibility index (Phi) is 11.9. The molecule has 3 rings (SSSR count). The lowest BCUT2D eigenvalue weighted by Gasteiger charge is -2.19. The Morgan fingerprint density at radius 1 is 0.857 bits per heavy atom. The minimum absolute atomic E-state index is 0.158. The monoisotopic (exact) mass is 619 g/mol. The normalized spacial score (nSPS) is 14.8. The van der Waals surface area contributed by atoms with E-state index in [1.165, 1.54) is 23.3 Å². The van der Waals surface area contributed by atoms with Crippen LogP contribution in [0.3, 0.4) is 0 Å². The lowest BCUT2D eigenvalue weighted by atomic mass is 9.89. The molecule has 42 heavy (non-hydrogen) atoms. The number of fused-ring (bicyclic) bond motifs is 1. The van der Waals surface area contributed by atoms with Crippen molar-refractivity contribution in [1.82, 2.24) is 4.90 Å². The number of halogens is 6. The number of unbranched alkanes of at least 4 members (excludes halogenated alkanes) is 3. The molecule has 0 saturated heterocycles. The van der Waals surface area contributed by atoms with Gasteiger partial charge in [0.1, 0.15) is 11.6 Å². The molecule has 0 unspecified atom stereocenters. The fourth-order valence-corrected chi connectivity index (χ4v) is 6.68. The quantitative estimate of drug-likeness (QED) is 0.162. The van der Waals surface area contributed by atoms with Crippen LogP contribution < -0.4 is 0 Å². The number of benzene rings is 2. The Morgan fingerprint density at radius 2 is 1.52 bits per heavy atom. The van der Waals surface area contributed by atoms with E-state index in [0.29, 0.717) is 13.1 Å². The molecular weight excluding hydrogens is 580 g/mol. The van der Waals surface area contributed by atoms with Gasteiger partial charge in [-0.3, -0.25) is 0 Å². The summed E-state index contributed by atoms with van der Waals surface area (Å²) < 4.78 is 100. The van der Waals surface area contributed by atoms with Gasteiger partial charge >= 0.3 is 12.1 Å². The van der Waals surface area contributed by atoms with Crippen LogP contribution >= 0.6 is 0 Å². The summed E-state index contributed by atoms with van der Waals surface area (Å²) in [4.78, 5) is 1.93. The first-order chi connectivity index (χ1) is 19.7. The molecule has 2 aromatic carbocycles. The van der Waals surface area contributed by atoms with E-state index in [1.54, 1.807) is 6.07 Å². The summed E-state index contributed by atoms with van der Waals surface area (Å²) in [5.74, 6) is -6.69. The summed E-state index contributed by atoms with van der Waals surface area (Å²) in [6.07, 6.45) is -0.162. The fourth-order valence-electron chi connectivity index (χ4n) is 5.34. The van der Waals surface area contributed by atoms with Crippen molar-refractivity contribution in [1.29, 1.82) is 0 Å². The van der Waals surface area contributed by atoms with E-state index in [2.05, 4.69) is 0 Å². The van der Waals surface area contributed by atoms with Crippen LogP contribution in [0.1, 0.15) is 74.5 Å². The van der Waals surface area contributed by atoms with Crippen molar-refractivity contribution in [2.45, 2.75) is 76.3 Å². The second-order valence-electron chi connectivity index (χ2n) is 11.1. The SMILES string of the molecule is CN(CCCCCCC1=C(c2ccc(F)cc2)CCCc2cc(O)ccc21)CCCS(=O)(=O)CCC(F)(F)C(F)(F)F. The zero-order chi connectivity index (χ0) is 31.0. The molecule has 0 saturated carbocycles. The second kappa shape index (κ2) is 14.8. The number of hydrogen-bond acceptors (Lipinski definition) is 4. The van der Waals surface area contributed by atoms with E-state index in [4.69, 9.17) is 0 Å². The third kappa shape index (κ3) is 10.0. The fraction of sp³-hybridized carbons (Fsp3) is 0.548. The number of alkyl halides is 5. The zero-order valence-corrected chi connectivity index (χ0v) is 24.6. The molecular formula is C31H39F6NO3S. The molecule has 2 aromatic rings. The standard InChI is InChI=1S/C31H39F6NO3S/c1-38(19-7-20-42(40,41)21-17-30(33,34)31(35,36)37)18-5-3-2-4-9-29-27(23-11-13-25(32)14-12-23)10-6-8-24-22-26(39)15-16-28(24)29/h11-16,22,39H,2-10,17-21H2,1H3. The maximum Gasteiger partial charge on any atom is 0.453 e. The van der Waals surface area contributed by atoms with Crippen LogP contribution in [0.2, 0.25) is 0 Å². The van der Waals surface area contributed by atoms with Gasteiger partial charge < -0.3 is 10.0 Å². The minimum atomic E-state index is -5.76. The molecule has 0 fully saturated rings. The number of aryl methyl sites for hydroxylation is 1. The lowest BCUT2D eigenvalue weighted by molar-refractivity contribution is -0.282. The van der Waals surface area contributed by atoms with Crippen molar-refractivity contribution >= 4 is 21.0 Å². The van der Waals surface area contributed by atoms with E-state index in [1.807, 2.05) is 36.2 Å². The van der Waals surface area contributed by atoms with Gasteiger partial charge in [0.2, 0.25) is 0 Å². The van der Waals surface area contributed by atoms with Gasteiger partial charge in [-0.25, -0.2) is 12.8 Å². The average Bonchev–Trinajstić information content (AvgIpc) is 3.08. The summed E-state index contributed by atoms with van der Waals surface area (Å²) >= 11 is 0. The molecule has 1 aliphatic carbocycles. The van der Waals surface area contributed by atoms with Gasteiger partial charge in [0.25, 0.3) is 0 Å². The highest BCUT2D eigenvalue weighted by molar-refractivity contribution is 7.91. The summed E-state index contributed by atoms with van der Waals surface area (Å²) in [6.45, 7) is 1.10. The predicted molar refractivity (Wildman–Crippen MR) is 154 cm³/mol. The maximum atomic E-state index is 13.6. The summed E-state index contributed by atoms with van der Waals surface area (Å²) in [7, 11) is -2.19. The van der Waals surface area contributed by atoms with Crippen molar-refractivity contribution in [3.8, 4) is 5.75 Å². The zero-order valence-electron chi connectivity index (χ0n) is 23.8. The van der Waals surface area contributed by atoms with Crippen LogP contribution in [0, 0.1) is 5.82 Å². The highest BCUT2D eigenvalue weighted by Crippen LogP contribution is 2.40. The molecule has 4 nitrogen and oxygen atoms in total. The number of allylic oxidation sites excluding steroid dienone is 2. The molecule has 1 N–H and O–H groups in total. The molecule has 0 amide bonds. The molecule has 0 atom stereocenters. The number of sulfone groups is 1. The third-order valence-electron chi connectivity index (χ3n) is 7.70. The molecule has 0 bridgehead atoms. The number of nitrogens with zero attached hydrogens (tertiary/aromatic N) is 1. The number of phenolic OH excluding ortho intramolecular Hbond substituents is 1. The van der Waals surface area contributed by atoms with Crippen LogP contribution in [0.15, 0.2) is 42.5 Å². The largest absolute Gasteiger partial charge is 0.508 e. The van der Waals surface area contributed by atoms with Crippen molar-refractivity contribution in [3.05, 3.63) is 65.0 Å². The first kappa shape index (κ1) is 34.0. The topological polar surface area (TPSA) is 57.6 Å². The van der Waals surface area contributed by atoms with Gasteiger partial charge in [-0.15, -0.1) is 0 Å². The minimum Gasteiger partial charge on any atom is -0.508 e. The van der Waals surface area contributed by atoms with Gasteiger partial charge in [0.15, 0.2) is 9.84 Å². The molecule has 234 valence electrons. The van der Waals surface area contributed by atoms with Crippen molar-refractivity contribution in [2.75, 3.05) is 31.6 Å². The summed E-state index contributed by atoms with van der Waals surface area (Å²) in [6, 6.07) is 12.1. The average molecular weight is 620 g/mol. The van der Waals surface area contributed by atoms with Crippen LogP contribution in [0.5, 0.6) is 5.75 Å². The van der Waals surface area contributed by atoms with Crippen LogP contribution in [-0.4, -0.2) is 62.2 Å². The molecule has 11 heteroatoms. The molecule has 1 aliphatic rings. The molecule has 0 aromatic heterocycles. The van der Waals surface area contributed by atoms with Crippen LogP contribution in [-0.2, 0) is 16.3 Å². The third-order valence-corrected chi connectivity index (χ3v) is 9.43. The highest BCUT2D eigenvalue weighted by Gasteiger charge is 2.57. The van der Waals surface area contributed by atoms with E-state index in [-0.39, 0.29) is 18.0 Å². The lowest BCUT2D eigenvalue weighted by Crippen LogP contribution is -2.38. The van der Waals surface area contributed by atoms with E-state index in [9.17, 15) is 39.9 Å². The van der Waals surface area contributed by atoms with Crippen molar-refractivity contribution < 1.29 is 39.9 Å². The summed E-state index contributed by atoms with van der Waals surface area (Å²) in [5, 5.41) is 10.0. The molecule has 0 radical (unpaired) electrons. The first-order valence-electron chi connectivity index (χ1n) is 14.3. The molecule has 0 spiro atoms. The molecule has 0 heterocycles. The Balaban J connectivity index is 1.45. The van der Waals surface area contributed by atoms with Gasteiger partial charge in [0, 0.05) is 6.42 Å². The Morgan fingerprint density at radius 3 is 2.21 bits per heavy atom. The maximum absolute atomic E-state index is 13.6. The number of hydrogen-bond donors (Lipinski definition) is 1. The number of rotatable bonds is 15. The summed E-state index contributed by atoms with van der Waals surface area (Å²) in [5.41, 5.74) is 5.67. The van der Waals surface area contributed by atoms with Crippen molar-refractivity contribution in [2.24, 2.45) is 0 Å². The van der Waals surface area contributed by atoms with Gasteiger partial charge in [-0.05, 0) is 117 Å². The Labute approximate surface area is 244 Å². The smallest absolute Gasteiger partial charge is 0.453 e. The van der Waals surface area contributed by atoms with Gasteiger partial charge in [-0.1, -0.05) is 31.0 Å². The van der Waals surface area contributed by atoms with Gasteiger partial charge in [-0.2, -0.15) is 22.0 Å². The number of aromatic hydroxyl groups is 1. The predicted octanol–water partition coefficient (Wildman–Crippen LogP) is 8.05. The van der Waals surface area contributed by atoms with Crippen LogP contribution in [0.25, 0.3) is 11.1 Å². The van der Waals surface area contributed by atoms with Crippen LogP contribution in [0.4, 0.5) is 26.3 Å². The first-order valence-corrected chi connectivity index (χ1v) is 16.1. The van der Waals surface area contributed by atoms with E-state index in [0.717, 1.165) is 68.1 Å². The Hall–Kier alpha value is -2.53. The van der Waals surface area contributed by atoms with E-state index >= 15 is 0 Å².